The van der Waals surface area contributed by atoms with Crippen molar-refractivity contribution in [1.29, 1.82) is 0 Å². The summed E-state index contributed by atoms with van der Waals surface area (Å²) in [6.07, 6.45) is 1.27. The average Bonchev–Trinajstić information content (AvgIpc) is 1.94. The van der Waals surface area contributed by atoms with Crippen molar-refractivity contribution in [2.24, 2.45) is 0 Å². The molecule has 0 fully saturated rings. The van der Waals surface area contributed by atoms with Crippen molar-refractivity contribution in [1.82, 2.24) is 5.32 Å². The van der Waals surface area contributed by atoms with E-state index in [1.54, 1.807) is 0 Å². The number of rotatable bonds is 7. The number of hydrogen-bond donors (Lipinski definition) is 1. The van der Waals surface area contributed by atoms with E-state index >= 15 is 0 Å². The molecule has 0 saturated carbocycles. The first-order valence-corrected chi connectivity index (χ1v) is 7.66. The Morgan fingerprint density at radius 3 is 2.54 bits per heavy atom. The molecule has 0 aromatic carbocycles. The summed E-state index contributed by atoms with van der Waals surface area (Å²) < 4.78 is 21.8. The Kier molecular flexibility index (Phi) is 6.81. The van der Waals surface area contributed by atoms with E-state index in [4.69, 9.17) is 0 Å². The summed E-state index contributed by atoms with van der Waals surface area (Å²) >= 11 is 1.86. The number of hydrogen-bond acceptors (Lipinski definition) is 4. The lowest BCUT2D eigenvalue weighted by molar-refractivity contribution is 0.572. The lowest BCUT2D eigenvalue weighted by Crippen LogP contribution is -2.34. The van der Waals surface area contributed by atoms with Crippen molar-refractivity contribution in [2.45, 2.75) is 19.9 Å². The Morgan fingerprint density at radius 2 is 2.08 bits per heavy atom. The first kappa shape index (κ1) is 13.3. The van der Waals surface area contributed by atoms with Gasteiger partial charge in [-0.15, -0.1) is 0 Å². The fourth-order valence-corrected chi connectivity index (χ4v) is 2.61. The summed E-state index contributed by atoms with van der Waals surface area (Å²) in [5, 5.41) is 3.17. The van der Waals surface area contributed by atoms with E-state index in [1.807, 2.05) is 18.7 Å². The van der Waals surface area contributed by atoms with Crippen molar-refractivity contribution >= 4 is 21.6 Å². The lowest BCUT2D eigenvalue weighted by Gasteiger charge is -2.11. The summed E-state index contributed by atoms with van der Waals surface area (Å²) in [5.41, 5.74) is 0. The van der Waals surface area contributed by atoms with Gasteiger partial charge in [0.05, 0.1) is 5.75 Å². The van der Waals surface area contributed by atoms with Crippen molar-refractivity contribution < 1.29 is 8.42 Å². The monoisotopic (exact) mass is 225 g/mol. The molecule has 0 amide bonds. The molecule has 80 valence electrons. The van der Waals surface area contributed by atoms with Crippen LogP contribution in [0.25, 0.3) is 0 Å². The van der Waals surface area contributed by atoms with Crippen molar-refractivity contribution in [3.63, 3.8) is 0 Å². The average molecular weight is 225 g/mol. The van der Waals surface area contributed by atoms with Crippen molar-refractivity contribution in [2.75, 3.05) is 30.1 Å². The van der Waals surface area contributed by atoms with Gasteiger partial charge in [0, 0.05) is 24.6 Å². The summed E-state index contributed by atoms with van der Waals surface area (Å²) in [6.45, 7) is 4.90. The molecule has 0 aromatic rings. The van der Waals surface area contributed by atoms with E-state index in [1.165, 1.54) is 6.26 Å². The minimum absolute atomic E-state index is 0.0625. The van der Waals surface area contributed by atoms with Gasteiger partial charge in [0.1, 0.15) is 9.84 Å². The molecule has 13 heavy (non-hydrogen) atoms. The Bertz CT molecular complexity index is 214. The highest BCUT2D eigenvalue weighted by Crippen LogP contribution is 1.96. The SMILES string of the molecule is CCSCCNC(C)CS(C)(=O)=O. The van der Waals surface area contributed by atoms with Crippen LogP contribution < -0.4 is 5.32 Å². The molecule has 1 unspecified atom stereocenters. The number of nitrogens with one attached hydrogen (secondary N) is 1. The first-order chi connectivity index (χ1) is 5.95. The molecule has 5 heteroatoms. The highest BCUT2D eigenvalue weighted by molar-refractivity contribution is 7.99. The van der Waals surface area contributed by atoms with E-state index in [-0.39, 0.29) is 11.8 Å². The number of sulfone groups is 1. The zero-order valence-corrected chi connectivity index (χ0v) is 10.2. The van der Waals surface area contributed by atoms with E-state index in [0.717, 1.165) is 18.1 Å². The molecule has 3 nitrogen and oxygen atoms in total. The summed E-state index contributed by atoms with van der Waals surface area (Å²) in [6, 6.07) is 0.0625. The van der Waals surface area contributed by atoms with Gasteiger partial charge in [-0.05, 0) is 12.7 Å². The summed E-state index contributed by atoms with van der Waals surface area (Å²) in [7, 11) is -2.84. The van der Waals surface area contributed by atoms with Crippen LogP contribution in [0.2, 0.25) is 0 Å². The second-order valence-corrected chi connectivity index (χ2v) is 6.72. The molecule has 0 bridgehead atoms. The maximum absolute atomic E-state index is 10.9. The van der Waals surface area contributed by atoms with Gasteiger partial charge in [-0.3, -0.25) is 0 Å². The predicted octanol–water partition coefficient (Wildman–Crippen LogP) is 0.762. The third-order valence-corrected chi connectivity index (χ3v) is 3.50. The van der Waals surface area contributed by atoms with Gasteiger partial charge in [0.25, 0.3) is 0 Å². The Hall–Kier alpha value is 0.260. The largest absolute Gasteiger partial charge is 0.312 e. The second kappa shape index (κ2) is 6.68. The van der Waals surface area contributed by atoms with Crippen LogP contribution in [-0.2, 0) is 9.84 Å². The molecule has 0 aliphatic rings. The fraction of sp³-hybridized carbons (Fsp3) is 1.00. The standard InChI is InChI=1S/C8H19NO2S2/c1-4-12-6-5-9-8(2)7-13(3,10)11/h8-9H,4-7H2,1-3H3. The molecule has 0 aliphatic heterocycles. The van der Waals surface area contributed by atoms with Gasteiger partial charge < -0.3 is 5.32 Å². The summed E-state index contributed by atoms with van der Waals surface area (Å²) in [5.74, 6) is 2.39. The first-order valence-electron chi connectivity index (χ1n) is 4.44. The van der Waals surface area contributed by atoms with Crippen molar-refractivity contribution in [3.05, 3.63) is 0 Å². The van der Waals surface area contributed by atoms with Crippen LogP contribution >= 0.6 is 11.8 Å². The van der Waals surface area contributed by atoms with Crippen LogP contribution in [-0.4, -0.2) is 44.5 Å². The number of thioether (sulfide) groups is 1. The molecule has 0 radical (unpaired) electrons. The minimum atomic E-state index is -2.84. The second-order valence-electron chi connectivity index (χ2n) is 3.14. The van der Waals surface area contributed by atoms with Crippen LogP contribution in [0.1, 0.15) is 13.8 Å². The maximum Gasteiger partial charge on any atom is 0.148 e. The quantitative estimate of drug-likeness (QED) is 0.650. The molecule has 1 N–H and O–H groups in total. The van der Waals surface area contributed by atoms with Crippen LogP contribution in [0.4, 0.5) is 0 Å². The Morgan fingerprint density at radius 1 is 1.46 bits per heavy atom. The molecule has 0 heterocycles. The predicted molar refractivity (Wildman–Crippen MR) is 60.2 cm³/mol. The third kappa shape index (κ3) is 10.2. The van der Waals surface area contributed by atoms with E-state index in [9.17, 15) is 8.42 Å². The van der Waals surface area contributed by atoms with Crippen LogP contribution in [0.3, 0.4) is 0 Å². The van der Waals surface area contributed by atoms with E-state index in [2.05, 4.69) is 12.2 Å². The van der Waals surface area contributed by atoms with Gasteiger partial charge in [-0.1, -0.05) is 6.92 Å². The van der Waals surface area contributed by atoms with Gasteiger partial charge in [0.15, 0.2) is 0 Å². The highest BCUT2D eigenvalue weighted by atomic mass is 32.2. The van der Waals surface area contributed by atoms with Gasteiger partial charge in [-0.25, -0.2) is 8.42 Å². The normalized spacial score (nSPS) is 14.4. The summed E-state index contributed by atoms with van der Waals surface area (Å²) in [4.78, 5) is 0. The Labute approximate surface area is 85.6 Å². The fourth-order valence-electron chi connectivity index (χ4n) is 1.03. The highest BCUT2D eigenvalue weighted by Gasteiger charge is 2.08. The molecule has 0 aliphatic carbocycles. The van der Waals surface area contributed by atoms with Crippen molar-refractivity contribution in [3.8, 4) is 0 Å². The van der Waals surface area contributed by atoms with E-state index in [0.29, 0.717) is 0 Å². The molecule has 0 saturated heterocycles. The third-order valence-electron chi connectivity index (χ3n) is 1.50. The molecule has 0 aromatic heterocycles. The topological polar surface area (TPSA) is 46.2 Å². The molecule has 0 spiro atoms. The molecular weight excluding hydrogens is 206 g/mol. The maximum atomic E-state index is 10.9. The van der Waals surface area contributed by atoms with Gasteiger partial charge in [0.2, 0.25) is 0 Å². The smallest absolute Gasteiger partial charge is 0.148 e. The zero-order valence-electron chi connectivity index (χ0n) is 8.54. The molecule has 1 atom stereocenters. The Balaban J connectivity index is 3.47. The van der Waals surface area contributed by atoms with Gasteiger partial charge >= 0.3 is 0 Å². The molecule has 0 rings (SSSR count). The van der Waals surface area contributed by atoms with Gasteiger partial charge in [-0.2, -0.15) is 11.8 Å². The lowest BCUT2D eigenvalue weighted by atomic mass is 10.4. The van der Waals surface area contributed by atoms with Crippen LogP contribution in [0.5, 0.6) is 0 Å². The zero-order chi connectivity index (χ0) is 10.3. The van der Waals surface area contributed by atoms with Crippen LogP contribution in [0.15, 0.2) is 0 Å². The van der Waals surface area contributed by atoms with E-state index < -0.39 is 9.84 Å². The molecular formula is C8H19NO2S2. The minimum Gasteiger partial charge on any atom is -0.312 e. The van der Waals surface area contributed by atoms with Crippen LogP contribution in [0, 0.1) is 0 Å².